The molecular weight excluding hydrogens is 306 g/mol. The largest absolute Gasteiger partial charge is 0.337 e. The van der Waals surface area contributed by atoms with E-state index in [1.165, 1.54) is 0 Å². The fourth-order valence-corrected chi connectivity index (χ4v) is 3.14. The van der Waals surface area contributed by atoms with Gasteiger partial charge in [-0.15, -0.1) is 11.3 Å². The number of thiazole rings is 1. The van der Waals surface area contributed by atoms with Crippen molar-refractivity contribution in [1.82, 2.24) is 14.9 Å². The summed E-state index contributed by atoms with van der Waals surface area (Å²) in [4.78, 5) is 23.7. The maximum Gasteiger partial charge on any atom is 0.254 e. The van der Waals surface area contributed by atoms with Crippen LogP contribution in [0.4, 0.5) is 0 Å². The Morgan fingerprint density at radius 3 is 2.81 bits per heavy atom. The minimum absolute atomic E-state index is 0.0530. The smallest absolute Gasteiger partial charge is 0.254 e. The predicted octanol–water partition coefficient (Wildman–Crippen LogP) is 3.72. The van der Waals surface area contributed by atoms with Crippen LogP contribution in [-0.4, -0.2) is 27.8 Å². The summed E-state index contributed by atoms with van der Waals surface area (Å²) in [5.41, 5.74) is 1.44. The highest BCUT2D eigenvalue weighted by atomic mass is 35.5. The van der Waals surface area contributed by atoms with Crippen LogP contribution in [0.2, 0.25) is 5.15 Å². The summed E-state index contributed by atoms with van der Waals surface area (Å²) in [7, 11) is 1.78. The second kappa shape index (κ2) is 7.00. The van der Waals surface area contributed by atoms with Gasteiger partial charge in [0.05, 0.1) is 11.6 Å². The summed E-state index contributed by atoms with van der Waals surface area (Å²) in [5, 5.41) is 1.37. The van der Waals surface area contributed by atoms with Crippen molar-refractivity contribution in [2.75, 3.05) is 7.05 Å². The van der Waals surface area contributed by atoms with Gasteiger partial charge in [0.1, 0.15) is 5.15 Å². The first-order valence-corrected chi connectivity index (χ1v) is 8.02. The molecule has 0 aliphatic heterocycles. The molecule has 112 valence electrons. The Morgan fingerprint density at radius 1 is 1.43 bits per heavy atom. The van der Waals surface area contributed by atoms with Crippen molar-refractivity contribution in [3.8, 4) is 0 Å². The molecule has 0 radical (unpaired) electrons. The molecule has 0 unspecified atom stereocenters. The Bertz CT molecular complexity index is 642. The third kappa shape index (κ3) is 4.25. The summed E-state index contributed by atoms with van der Waals surface area (Å²) in [6, 6.07) is 3.45. The first-order valence-electron chi connectivity index (χ1n) is 6.83. The van der Waals surface area contributed by atoms with Crippen LogP contribution in [0.1, 0.15) is 39.3 Å². The van der Waals surface area contributed by atoms with Crippen LogP contribution >= 0.6 is 22.9 Å². The lowest BCUT2D eigenvalue weighted by molar-refractivity contribution is 0.0786. The van der Waals surface area contributed by atoms with Gasteiger partial charge in [-0.3, -0.25) is 4.79 Å². The molecule has 0 aliphatic carbocycles. The molecule has 2 rings (SSSR count). The SMILES string of the molecule is CCCc1cc(C(=O)N(C)Cc2cnc(C)s2)cc(Cl)n1. The number of aromatic nitrogens is 2. The number of carbonyl (C=O) groups is 1. The van der Waals surface area contributed by atoms with Crippen molar-refractivity contribution in [2.24, 2.45) is 0 Å². The number of pyridine rings is 1. The van der Waals surface area contributed by atoms with E-state index in [0.717, 1.165) is 28.4 Å². The summed E-state index contributed by atoms with van der Waals surface area (Å²) in [5.74, 6) is -0.0530. The normalized spacial score (nSPS) is 10.7. The average Bonchev–Trinajstić information content (AvgIpc) is 2.83. The molecule has 0 N–H and O–H groups in total. The number of halogens is 1. The third-order valence-corrected chi connectivity index (χ3v) is 4.10. The lowest BCUT2D eigenvalue weighted by atomic mass is 10.1. The molecule has 0 fully saturated rings. The number of aryl methyl sites for hydroxylation is 2. The van der Waals surface area contributed by atoms with E-state index in [-0.39, 0.29) is 5.91 Å². The van der Waals surface area contributed by atoms with E-state index in [9.17, 15) is 4.79 Å². The Morgan fingerprint density at radius 2 is 2.19 bits per heavy atom. The molecule has 21 heavy (non-hydrogen) atoms. The van der Waals surface area contributed by atoms with E-state index >= 15 is 0 Å². The van der Waals surface area contributed by atoms with Gasteiger partial charge in [-0.05, 0) is 25.5 Å². The lowest BCUT2D eigenvalue weighted by Crippen LogP contribution is -2.26. The van der Waals surface area contributed by atoms with Gasteiger partial charge >= 0.3 is 0 Å². The number of hydrogen-bond acceptors (Lipinski definition) is 4. The molecule has 0 atom stereocenters. The lowest BCUT2D eigenvalue weighted by Gasteiger charge is -2.16. The number of hydrogen-bond donors (Lipinski definition) is 0. The zero-order valence-corrected chi connectivity index (χ0v) is 14.0. The molecule has 0 saturated carbocycles. The van der Waals surface area contributed by atoms with Crippen LogP contribution in [0.15, 0.2) is 18.3 Å². The second-order valence-corrected chi connectivity index (χ2v) is 6.63. The van der Waals surface area contributed by atoms with Crippen molar-refractivity contribution in [3.63, 3.8) is 0 Å². The number of carbonyl (C=O) groups excluding carboxylic acids is 1. The Labute approximate surface area is 133 Å². The van der Waals surface area contributed by atoms with E-state index in [1.807, 2.05) is 19.2 Å². The highest BCUT2D eigenvalue weighted by Crippen LogP contribution is 2.17. The molecule has 4 nitrogen and oxygen atoms in total. The molecule has 2 aromatic rings. The molecule has 0 bridgehead atoms. The highest BCUT2D eigenvalue weighted by Gasteiger charge is 2.15. The van der Waals surface area contributed by atoms with Crippen LogP contribution < -0.4 is 0 Å². The van der Waals surface area contributed by atoms with Crippen molar-refractivity contribution >= 4 is 28.8 Å². The van der Waals surface area contributed by atoms with Crippen LogP contribution in [0, 0.1) is 6.92 Å². The van der Waals surface area contributed by atoms with Crippen molar-refractivity contribution in [2.45, 2.75) is 33.2 Å². The number of rotatable bonds is 5. The van der Waals surface area contributed by atoms with E-state index in [1.54, 1.807) is 29.4 Å². The Hall–Kier alpha value is -1.46. The van der Waals surface area contributed by atoms with Crippen molar-refractivity contribution < 1.29 is 4.79 Å². The zero-order chi connectivity index (χ0) is 15.4. The monoisotopic (exact) mass is 323 g/mol. The highest BCUT2D eigenvalue weighted by molar-refractivity contribution is 7.11. The standard InChI is InChI=1S/C15H18ClN3OS/c1-4-5-12-6-11(7-14(16)18-12)15(20)19(3)9-13-8-17-10(2)21-13/h6-8H,4-5,9H2,1-3H3. The van der Waals surface area contributed by atoms with Gasteiger partial charge in [-0.25, -0.2) is 9.97 Å². The maximum absolute atomic E-state index is 12.5. The first kappa shape index (κ1) is 15.9. The number of amides is 1. The van der Waals surface area contributed by atoms with Crippen LogP contribution in [0.3, 0.4) is 0 Å². The minimum atomic E-state index is -0.0530. The van der Waals surface area contributed by atoms with Crippen LogP contribution in [-0.2, 0) is 13.0 Å². The van der Waals surface area contributed by atoms with Crippen LogP contribution in [0.25, 0.3) is 0 Å². The second-order valence-electron chi connectivity index (χ2n) is 4.93. The molecule has 2 aromatic heterocycles. The maximum atomic E-state index is 12.5. The van der Waals surface area contributed by atoms with Crippen molar-refractivity contribution in [1.29, 1.82) is 0 Å². The molecule has 0 saturated heterocycles. The molecular formula is C15H18ClN3OS. The van der Waals surface area contributed by atoms with E-state index in [4.69, 9.17) is 11.6 Å². The molecule has 6 heteroatoms. The van der Waals surface area contributed by atoms with Gasteiger partial charge in [0, 0.05) is 29.4 Å². The predicted molar refractivity (Wildman–Crippen MR) is 85.9 cm³/mol. The quantitative estimate of drug-likeness (QED) is 0.788. The van der Waals surface area contributed by atoms with Crippen LogP contribution in [0.5, 0.6) is 0 Å². The zero-order valence-electron chi connectivity index (χ0n) is 12.4. The summed E-state index contributed by atoms with van der Waals surface area (Å²) in [6.45, 7) is 4.57. The summed E-state index contributed by atoms with van der Waals surface area (Å²) in [6.07, 6.45) is 3.60. The van der Waals surface area contributed by atoms with E-state index in [0.29, 0.717) is 17.3 Å². The van der Waals surface area contributed by atoms with Gasteiger partial charge in [-0.1, -0.05) is 24.9 Å². The summed E-state index contributed by atoms with van der Waals surface area (Å²) >= 11 is 7.61. The topological polar surface area (TPSA) is 46.1 Å². The molecule has 2 heterocycles. The van der Waals surface area contributed by atoms with E-state index in [2.05, 4.69) is 16.9 Å². The third-order valence-electron chi connectivity index (χ3n) is 3.01. The Kier molecular flexibility index (Phi) is 5.31. The fourth-order valence-electron chi connectivity index (χ4n) is 2.06. The molecule has 0 aromatic carbocycles. The molecule has 1 amide bonds. The summed E-state index contributed by atoms with van der Waals surface area (Å²) < 4.78 is 0. The Balaban J connectivity index is 2.14. The fraction of sp³-hybridized carbons (Fsp3) is 0.400. The van der Waals surface area contributed by atoms with Gasteiger partial charge < -0.3 is 4.90 Å². The van der Waals surface area contributed by atoms with Gasteiger partial charge in [0.2, 0.25) is 0 Å². The molecule has 0 aliphatic rings. The first-order chi connectivity index (χ1) is 9.99. The van der Waals surface area contributed by atoms with Gasteiger partial charge in [0.15, 0.2) is 0 Å². The number of nitrogens with zero attached hydrogens (tertiary/aromatic N) is 3. The van der Waals surface area contributed by atoms with Crippen molar-refractivity contribution in [3.05, 3.63) is 44.6 Å². The minimum Gasteiger partial charge on any atom is -0.337 e. The van der Waals surface area contributed by atoms with Gasteiger partial charge in [-0.2, -0.15) is 0 Å². The molecule has 0 spiro atoms. The van der Waals surface area contributed by atoms with E-state index < -0.39 is 0 Å². The average molecular weight is 324 g/mol. The van der Waals surface area contributed by atoms with Gasteiger partial charge in [0.25, 0.3) is 5.91 Å².